The number of hydrogen-bond acceptors (Lipinski definition) is 1. The minimum atomic E-state index is -0.0908. The third kappa shape index (κ3) is 3.72. The van der Waals surface area contributed by atoms with Crippen LogP contribution in [0.25, 0.3) is 11.1 Å². The van der Waals surface area contributed by atoms with Gasteiger partial charge in [-0.2, -0.15) is 0 Å². The Hall–Kier alpha value is -2.87. The van der Waals surface area contributed by atoms with E-state index in [1.165, 1.54) is 5.56 Å². The SMILES string of the molecule is CC(C)c1ccc(NC(=O)c2ccc(-c3ccccc3)cc2)cc1. The summed E-state index contributed by atoms with van der Waals surface area (Å²) in [5.41, 5.74) is 4.99. The molecule has 3 rings (SSSR count). The molecule has 1 amide bonds. The van der Waals surface area contributed by atoms with Crippen LogP contribution in [-0.2, 0) is 0 Å². The molecule has 0 aliphatic heterocycles. The Kier molecular flexibility index (Phi) is 4.76. The van der Waals surface area contributed by atoms with E-state index < -0.39 is 0 Å². The van der Waals surface area contributed by atoms with Gasteiger partial charge in [0.2, 0.25) is 0 Å². The van der Waals surface area contributed by atoms with Crippen molar-refractivity contribution in [3.63, 3.8) is 0 Å². The van der Waals surface area contributed by atoms with Crippen molar-refractivity contribution in [1.82, 2.24) is 0 Å². The van der Waals surface area contributed by atoms with E-state index in [1.54, 1.807) is 0 Å². The second-order valence-corrected chi connectivity index (χ2v) is 6.17. The predicted molar refractivity (Wildman–Crippen MR) is 100 cm³/mol. The zero-order valence-electron chi connectivity index (χ0n) is 14.0. The van der Waals surface area contributed by atoms with Gasteiger partial charge >= 0.3 is 0 Å². The lowest BCUT2D eigenvalue weighted by Gasteiger charge is -2.09. The van der Waals surface area contributed by atoms with Gasteiger partial charge < -0.3 is 5.32 Å². The largest absolute Gasteiger partial charge is 0.322 e. The highest BCUT2D eigenvalue weighted by Crippen LogP contribution is 2.20. The maximum absolute atomic E-state index is 12.4. The quantitative estimate of drug-likeness (QED) is 0.654. The monoisotopic (exact) mass is 315 g/mol. The zero-order chi connectivity index (χ0) is 16.9. The standard InChI is InChI=1S/C22H21NO/c1-16(2)17-12-14-21(15-13-17)23-22(24)20-10-8-19(9-11-20)18-6-4-3-5-7-18/h3-16H,1-2H3,(H,23,24). The van der Waals surface area contributed by atoms with Gasteiger partial charge in [-0.25, -0.2) is 0 Å². The van der Waals surface area contributed by atoms with E-state index in [0.29, 0.717) is 11.5 Å². The van der Waals surface area contributed by atoms with Gasteiger partial charge in [-0.05, 0) is 46.9 Å². The van der Waals surface area contributed by atoms with Crippen LogP contribution in [0, 0.1) is 0 Å². The second kappa shape index (κ2) is 7.14. The molecule has 120 valence electrons. The Labute approximate surface area is 143 Å². The Morgan fingerprint density at radius 1 is 0.750 bits per heavy atom. The molecule has 2 nitrogen and oxygen atoms in total. The van der Waals surface area contributed by atoms with Crippen molar-refractivity contribution < 1.29 is 4.79 Å². The number of anilines is 1. The van der Waals surface area contributed by atoms with Gasteiger partial charge in [0.05, 0.1) is 0 Å². The Bertz CT molecular complexity index is 803. The normalized spacial score (nSPS) is 10.6. The van der Waals surface area contributed by atoms with E-state index in [2.05, 4.69) is 43.4 Å². The summed E-state index contributed by atoms with van der Waals surface area (Å²) in [7, 11) is 0. The van der Waals surface area contributed by atoms with Crippen molar-refractivity contribution in [2.75, 3.05) is 5.32 Å². The van der Waals surface area contributed by atoms with Gasteiger partial charge in [0.15, 0.2) is 0 Å². The Balaban J connectivity index is 1.71. The highest BCUT2D eigenvalue weighted by Gasteiger charge is 2.07. The molecule has 1 N–H and O–H groups in total. The molecule has 3 aromatic carbocycles. The van der Waals surface area contributed by atoms with Gasteiger partial charge in [-0.3, -0.25) is 4.79 Å². The van der Waals surface area contributed by atoms with Crippen molar-refractivity contribution in [3.05, 3.63) is 90.0 Å². The molecule has 0 aliphatic rings. The summed E-state index contributed by atoms with van der Waals surface area (Å²) in [4.78, 5) is 12.4. The average molecular weight is 315 g/mol. The lowest BCUT2D eigenvalue weighted by atomic mass is 10.0. The molecule has 0 heterocycles. The van der Waals surface area contributed by atoms with Gasteiger partial charge in [-0.15, -0.1) is 0 Å². The number of hydrogen-bond donors (Lipinski definition) is 1. The van der Waals surface area contributed by atoms with Crippen molar-refractivity contribution >= 4 is 11.6 Å². The molecule has 2 heteroatoms. The molecule has 3 aromatic rings. The van der Waals surface area contributed by atoms with Crippen molar-refractivity contribution in [1.29, 1.82) is 0 Å². The van der Waals surface area contributed by atoms with E-state index in [9.17, 15) is 4.79 Å². The molecule has 0 aromatic heterocycles. The van der Waals surface area contributed by atoms with Crippen LogP contribution in [0.3, 0.4) is 0 Å². The second-order valence-electron chi connectivity index (χ2n) is 6.17. The molecule has 0 spiro atoms. The van der Waals surface area contributed by atoms with Gasteiger partial charge in [0, 0.05) is 11.3 Å². The van der Waals surface area contributed by atoms with Crippen LogP contribution >= 0.6 is 0 Å². The van der Waals surface area contributed by atoms with Gasteiger partial charge in [0.1, 0.15) is 0 Å². The predicted octanol–water partition coefficient (Wildman–Crippen LogP) is 5.73. The molecule has 0 aliphatic carbocycles. The van der Waals surface area contributed by atoms with Crippen LogP contribution in [-0.4, -0.2) is 5.91 Å². The summed E-state index contributed by atoms with van der Waals surface area (Å²) in [6.07, 6.45) is 0. The fourth-order valence-electron chi connectivity index (χ4n) is 2.60. The third-order valence-electron chi connectivity index (χ3n) is 4.09. The highest BCUT2D eigenvalue weighted by molar-refractivity contribution is 6.04. The van der Waals surface area contributed by atoms with E-state index in [4.69, 9.17) is 0 Å². The fourth-order valence-corrected chi connectivity index (χ4v) is 2.60. The first kappa shape index (κ1) is 16.0. The lowest BCUT2D eigenvalue weighted by molar-refractivity contribution is 0.102. The minimum Gasteiger partial charge on any atom is -0.322 e. The number of nitrogens with one attached hydrogen (secondary N) is 1. The molecule has 0 radical (unpaired) electrons. The first-order chi connectivity index (χ1) is 11.6. The lowest BCUT2D eigenvalue weighted by Crippen LogP contribution is -2.11. The fraction of sp³-hybridized carbons (Fsp3) is 0.136. The number of carbonyl (C=O) groups excluding carboxylic acids is 1. The zero-order valence-corrected chi connectivity index (χ0v) is 14.0. The first-order valence-corrected chi connectivity index (χ1v) is 8.20. The van der Waals surface area contributed by atoms with E-state index in [-0.39, 0.29) is 5.91 Å². The van der Waals surface area contributed by atoms with Crippen LogP contribution < -0.4 is 5.32 Å². The highest BCUT2D eigenvalue weighted by atomic mass is 16.1. The van der Waals surface area contributed by atoms with Crippen LogP contribution in [0.15, 0.2) is 78.9 Å². The minimum absolute atomic E-state index is 0.0908. The molecule has 0 fully saturated rings. The van der Waals surface area contributed by atoms with Crippen LogP contribution in [0.4, 0.5) is 5.69 Å². The van der Waals surface area contributed by atoms with E-state index in [1.807, 2.05) is 54.6 Å². The average Bonchev–Trinajstić information content (AvgIpc) is 2.63. The van der Waals surface area contributed by atoms with E-state index >= 15 is 0 Å². The van der Waals surface area contributed by atoms with Gasteiger partial charge in [0.25, 0.3) is 5.91 Å². The molecule has 0 unspecified atom stereocenters. The molecule has 24 heavy (non-hydrogen) atoms. The summed E-state index contributed by atoms with van der Waals surface area (Å²) in [6, 6.07) is 25.8. The molecular formula is C22H21NO. The number of rotatable bonds is 4. The summed E-state index contributed by atoms with van der Waals surface area (Å²) in [5, 5.41) is 2.94. The van der Waals surface area contributed by atoms with Crippen molar-refractivity contribution in [2.45, 2.75) is 19.8 Å². The molecule has 0 bridgehead atoms. The number of carbonyl (C=O) groups is 1. The smallest absolute Gasteiger partial charge is 0.255 e. The van der Waals surface area contributed by atoms with Gasteiger partial charge in [-0.1, -0.05) is 68.4 Å². The van der Waals surface area contributed by atoms with E-state index in [0.717, 1.165) is 16.8 Å². The van der Waals surface area contributed by atoms with Crippen LogP contribution in [0.1, 0.15) is 35.7 Å². The number of amides is 1. The van der Waals surface area contributed by atoms with Crippen LogP contribution in [0.2, 0.25) is 0 Å². The summed E-state index contributed by atoms with van der Waals surface area (Å²) < 4.78 is 0. The molecule has 0 saturated carbocycles. The maximum atomic E-state index is 12.4. The van der Waals surface area contributed by atoms with Crippen molar-refractivity contribution in [3.8, 4) is 11.1 Å². The van der Waals surface area contributed by atoms with Crippen LogP contribution in [0.5, 0.6) is 0 Å². The third-order valence-corrected chi connectivity index (χ3v) is 4.09. The summed E-state index contributed by atoms with van der Waals surface area (Å²) >= 11 is 0. The van der Waals surface area contributed by atoms with Crippen molar-refractivity contribution in [2.24, 2.45) is 0 Å². The molecule has 0 atom stereocenters. The summed E-state index contributed by atoms with van der Waals surface area (Å²) in [5.74, 6) is 0.396. The molecular weight excluding hydrogens is 294 g/mol. The maximum Gasteiger partial charge on any atom is 0.255 e. The Morgan fingerprint density at radius 2 is 1.33 bits per heavy atom. The Morgan fingerprint density at radius 3 is 1.92 bits per heavy atom. The summed E-state index contributed by atoms with van der Waals surface area (Å²) in [6.45, 7) is 4.31. The first-order valence-electron chi connectivity index (χ1n) is 8.20. The molecule has 0 saturated heterocycles. The number of benzene rings is 3. The topological polar surface area (TPSA) is 29.1 Å².